The van der Waals surface area contributed by atoms with Gasteiger partial charge in [0.2, 0.25) is 0 Å². The second kappa shape index (κ2) is 6.17. The number of nitrogens with zero attached hydrogens (tertiary/aromatic N) is 4. The maximum Gasteiger partial charge on any atom is 0.187 e. The van der Waals surface area contributed by atoms with Crippen molar-refractivity contribution in [3.8, 4) is 11.4 Å². The van der Waals surface area contributed by atoms with E-state index in [0.717, 1.165) is 6.20 Å². The number of carbonyl (C=O) groups excluding carboxylic acids is 1. The minimum atomic E-state index is -0.476. The maximum atomic E-state index is 12.8. The summed E-state index contributed by atoms with van der Waals surface area (Å²) < 4.78 is 12.8. The number of halogens is 1. The zero-order valence-corrected chi connectivity index (χ0v) is 11.5. The van der Waals surface area contributed by atoms with E-state index in [4.69, 9.17) is 0 Å². The number of hydrogen-bond donors (Lipinski definition) is 0. The number of Topliss-reactive ketones (excluding diaryl/α,β-unsaturated/α-hetero) is 1. The summed E-state index contributed by atoms with van der Waals surface area (Å²) in [6, 6.07) is 11.6. The molecule has 5 nitrogen and oxygen atoms in total. The Labute approximate surface area is 125 Å². The van der Waals surface area contributed by atoms with Crippen LogP contribution < -0.4 is 0 Å². The van der Waals surface area contributed by atoms with E-state index in [2.05, 4.69) is 20.2 Å². The molecule has 0 bridgehead atoms. The molecule has 0 saturated carbocycles. The zero-order valence-electron chi connectivity index (χ0n) is 11.5. The Morgan fingerprint density at radius 3 is 2.50 bits per heavy atom. The van der Waals surface area contributed by atoms with E-state index >= 15 is 0 Å². The fourth-order valence-electron chi connectivity index (χ4n) is 1.90. The second-order valence-electron chi connectivity index (χ2n) is 4.59. The Morgan fingerprint density at radius 2 is 1.86 bits per heavy atom. The number of rotatable bonds is 4. The molecule has 0 saturated heterocycles. The second-order valence-corrected chi connectivity index (χ2v) is 4.59. The van der Waals surface area contributed by atoms with Gasteiger partial charge in [0, 0.05) is 6.20 Å². The van der Waals surface area contributed by atoms with Gasteiger partial charge >= 0.3 is 0 Å². The predicted molar refractivity (Wildman–Crippen MR) is 77.5 cm³/mol. The summed E-state index contributed by atoms with van der Waals surface area (Å²) in [6.07, 6.45) is 2.76. The number of aromatic nitrogens is 4. The summed E-state index contributed by atoms with van der Waals surface area (Å²) in [5.74, 6) is -0.712. The minimum Gasteiger partial charge on any atom is -0.292 e. The summed E-state index contributed by atoms with van der Waals surface area (Å²) in [4.78, 5) is 20.0. The Hall–Kier alpha value is -3.02. The van der Waals surface area contributed by atoms with Gasteiger partial charge in [-0.05, 0) is 36.4 Å². The van der Waals surface area contributed by atoms with Crippen molar-refractivity contribution in [2.45, 2.75) is 6.42 Å². The van der Waals surface area contributed by atoms with Gasteiger partial charge in [-0.25, -0.2) is 4.39 Å². The van der Waals surface area contributed by atoms with Crippen molar-refractivity contribution in [1.29, 1.82) is 0 Å². The van der Waals surface area contributed by atoms with Crippen LogP contribution in [0, 0.1) is 5.82 Å². The van der Waals surface area contributed by atoms with Crippen LogP contribution >= 0.6 is 0 Å². The lowest BCUT2D eigenvalue weighted by Crippen LogP contribution is -2.08. The molecule has 108 valence electrons. The smallest absolute Gasteiger partial charge is 0.187 e. The van der Waals surface area contributed by atoms with E-state index in [9.17, 15) is 9.18 Å². The molecule has 22 heavy (non-hydrogen) atoms. The van der Waals surface area contributed by atoms with Gasteiger partial charge in [0.05, 0.1) is 24.0 Å². The van der Waals surface area contributed by atoms with Crippen molar-refractivity contribution < 1.29 is 9.18 Å². The van der Waals surface area contributed by atoms with Crippen LogP contribution in [-0.2, 0) is 6.42 Å². The van der Waals surface area contributed by atoms with Crippen LogP contribution in [0.15, 0.2) is 54.9 Å². The largest absolute Gasteiger partial charge is 0.292 e. The highest BCUT2D eigenvalue weighted by atomic mass is 19.1. The molecule has 3 aromatic heterocycles. The first-order valence-corrected chi connectivity index (χ1v) is 6.61. The van der Waals surface area contributed by atoms with E-state index in [0.29, 0.717) is 17.1 Å². The lowest BCUT2D eigenvalue weighted by Gasteiger charge is -2.02. The molecule has 0 spiro atoms. The number of hydrogen-bond acceptors (Lipinski definition) is 5. The van der Waals surface area contributed by atoms with Crippen molar-refractivity contribution >= 4 is 5.78 Å². The quantitative estimate of drug-likeness (QED) is 0.691. The third-order valence-corrected chi connectivity index (χ3v) is 3.00. The van der Waals surface area contributed by atoms with E-state index in [1.807, 2.05) is 18.2 Å². The molecule has 0 aliphatic rings. The van der Waals surface area contributed by atoms with Crippen LogP contribution in [0.5, 0.6) is 0 Å². The SMILES string of the molecule is O=C(Cc1ccc(-c2ccccn2)nn1)c1ccc(F)cn1. The maximum absolute atomic E-state index is 12.8. The number of carbonyl (C=O) groups is 1. The lowest BCUT2D eigenvalue weighted by atomic mass is 10.1. The van der Waals surface area contributed by atoms with Crippen molar-refractivity contribution in [2.24, 2.45) is 0 Å². The minimum absolute atomic E-state index is 0.0636. The summed E-state index contributed by atoms with van der Waals surface area (Å²) >= 11 is 0. The molecule has 0 radical (unpaired) electrons. The molecular formula is C16H11FN4O. The Bertz CT molecular complexity index is 774. The Kier molecular flexibility index (Phi) is 3.91. The highest BCUT2D eigenvalue weighted by molar-refractivity contribution is 5.95. The molecule has 6 heteroatoms. The summed E-state index contributed by atoms with van der Waals surface area (Å²) in [5.41, 5.74) is 2.08. The average Bonchev–Trinajstić information content (AvgIpc) is 2.57. The van der Waals surface area contributed by atoms with Gasteiger partial charge in [-0.1, -0.05) is 6.07 Å². The van der Waals surface area contributed by atoms with Crippen molar-refractivity contribution in [3.05, 3.63) is 72.1 Å². The van der Waals surface area contributed by atoms with Crippen LogP contribution in [0.4, 0.5) is 4.39 Å². The molecule has 0 aliphatic heterocycles. The van der Waals surface area contributed by atoms with Crippen LogP contribution in [-0.4, -0.2) is 25.9 Å². The van der Waals surface area contributed by atoms with Gasteiger partial charge in [0.1, 0.15) is 17.2 Å². The first-order chi connectivity index (χ1) is 10.7. The molecule has 0 atom stereocenters. The fourth-order valence-corrected chi connectivity index (χ4v) is 1.90. The highest BCUT2D eigenvalue weighted by Gasteiger charge is 2.10. The van der Waals surface area contributed by atoms with Crippen LogP contribution in [0.1, 0.15) is 16.2 Å². The van der Waals surface area contributed by atoms with Gasteiger partial charge in [-0.2, -0.15) is 5.10 Å². The molecular weight excluding hydrogens is 283 g/mol. The summed E-state index contributed by atoms with van der Waals surface area (Å²) in [6.45, 7) is 0. The van der Waals surface area contributed by atoms with Gasteiger partial charge < -0.3 is 0 Å². The monoisotopic (exact) mass is 294 g/mol. The molecule has 0 aliphatic carbocycles. The normalized spacial score (nSPS) is 10.4. The Morgan fingerprint density at radius 1 is 0.955 bits per heavy atom. The van der Waals surface area contributed by atoms with E-state index in [1.54, 1.807) is 18.3 Å². The van der Waals surface area contributed by atoms with Gasteiger partial charge in [0.25, 0.3) is 0 Å². The summed E-state index contributed by atoms with van der Waals surface area (Å²) in [5, 5.41) is 8.09. The molecule has 3 heterocycles. The van der Waals surface area contributed by atoms with Crippen LogP contribution in [0.2, 0.25) is 0 Å². The van der Waals surface area contributed by atoms with E-state index < -0.39 is 5.82 Å². The van der Waals surface area contributed by atoms with Crippen molar-refractivity contribution in [1.82, 2.24) is 20.2 Å². The van der Waals surface area contributed by atoms with Gasteiger partial charge in [0.15, 0.2) is 5.78 Å². The topological polar surface area (TPSA) is 68.6 Å². The molecule has 0 fully saturated rings. The fraction of sp³-hybridized carbons (Fsp3) is 0.0625. The third kappa shape index (κ3) is 3.17. The van der Waals surface area contributed by atoms with Crippen molar-refractivity contribution in [2.75, 3.05) is 0 Å². The molecule has 3 aromatic rings. The van der Waals surface area contributed by atoms with Gasteiger partial charge in [-0.15, -0.1) is 5.10 Å². The van der Waals surface area contributed by atoms with Gasteiger partial charge in [-0.3, -0.25) is 14.8 Å². The average molecular weight is 294 g/mol. The standard InChI is InChI=1S/C16H11FN4O/c17-11-4-6-15(19-10-11)16(22)9-12-5-7-14(21-20-12)13-3-1-2-8-18-13/h1-8,10H,9H2. The third-order valence-electron chi connectivity index (χ3n) is 3.00. The first kappa shape index (κ1) is 13.9. The Balaban J connectivity index is 1.73. The number of ketones is 1. The molecule has 0 N–H and O–H groups in total. The lowest BCUT2D eigenvalue weighted by molar-refractivity contribution is 0.0987. The highest BCUT2D eigenvalue weighted by Crippen LogP contribution is 2.12. The molecule has 0 aromatic carbocycles. The van der Waals surface area contributed by atoms with Crippen LogP contribution in [0.3, 0.4) is 0 Å². The number of pyridine rings is 2. The van der Waals surface area contributed by atoms with E-state index in [-0.39, 0.29) is 17.9 Å². The molecule has 0 amide bonds. The van der Waals surface area contributed by atoms with Crippen molar-refractivity contribution in [3.63, 3.8) is 0 Å². The molecule has 3 rings (SSSR count). The van der Waals surface area contributed by atoms with Crippen LogP contribution in [0.25, 0.3) is 11.4 Å². The van der Waals surface area contributed by atoms with E-state index in [1.165, 1.54) is 12.1 Å². The predicted octanol–water partition coefficient (Wildman–Crippen LogP) is 2.50. The zero-order chi connectivity index (χ0) is 15.4. The molecule has 0 unspecified atom stereocenters. The summed E-state index contributed by atoms with van der Waals surface area (Å²) in [7, 11) is 0. The first-order valence-electron chi connectivity index (χ1n) is 6.61.